The van der Waals surface area contributed by atoms with E-state index in [1.165, 1.54) is 44.6 Å². The Kier molecular flexibility index (Phi) is 16.4. The van der Waals surface area contributed by atoms with E-state index in [1.54, 1.807) is 7.05 Å². The number of aromatic nitrogens is 1. The zero-order valence-electron chi connectivity index (χ0n) is 21.0. The van der Waals surface area contributed by atoms with Gasteiger partial charge in [-0.05, 0) is 57.0 Å². The van der Waals surface area contributed by atoms with Crippen LogP contribution in [0.5, 0.6) is 0 Å². The molecule has 0 bridgehead atoms. The van der Waals surface area contributed by atoms with Crippen molar-refractivity contribution in [3.8, 4) is 0 Å². The molecule has 1 unspecified atom stereocenters. The van der Waals surface area contributed by atoms with Gasteiger partial charge in [0, 0.05) is 49.0 Å². The molecule has 1 rings (SSSR count). The summed E-state index contributed by atoms with van der Waals surface area (Å²) in [5.41, 5.74) is 10.3. The van der Waals surface area contributed by atoms with Gasteiger partial charge in [0.15, 0.2) is 0 Å². The van der Waals surface area contributed by atoms with E-state index in [9.17, 15) is 0 Å². The van der Waals surface area contributed by atoms with Gasteiger partial charge < -0.3 is 21.8 Å². The number of aryl methyl sites for hydroxylation is 1. The molecule has 0 saturated heterocycles. The summed E-state index contributed by atoms with van der Waals surface area (Å²) < 4.78 is 0. The molecular formula is C26H44N6. The van der Waals surface area contributed by atoms with Crippen LogP contribution in [0.2, 0.25) is 0 Å². The average Bonchev–Trinajstić information content (AvgIpc) is 2.81. The van der Waals surface area contributed by atoms with Gasteiger partial charge in [-0.25, -0.2) is 0 Å². The molecule has 6 nitrogen and oxygen atoms in total. The van der Waals surface area contributed by atoms with E-state index in [0.717, 1.165) is 40.7 Å². The Hall–Kier alpha value is -2.73. The second kappa shape index (κ2) is 17.9. The van der Waals surface area contributed by atoms with Gasteiger partial charge in [0.05, 0.1) is 11.4 Å². The predicted octanol–water partition coefficient (Wildman–Crippen LogP) is 4.72. The summed E-state index contributed by atoms with van der Waals surface area (Å²) in [6, 6.07) is 3.81. The Morgan fingerprint density at radius 2 is 1.97 bits per heavy atom. The predicted molar refractivity (Wildman–Crippen MR) is 142 cm³/mol. The van der Waals surface area contributed by atoms with Gasteiger partial charge in [0.1, 0.15) is 0 Å². The van der Waals surface area contributed by atoms with E-state index < -0.39 is 0 Å². The summed E-state index contributed by atoms with van der Waals surface area (Å²) in [5, 5.41) is 13.5. The van der Waals surface area contributed by atoms with Crippen LogP contribution >= 0.6 is 0 Å². The number of nitrogens with zero attached hydrogens (tertiary/aromatic N) is 2. The van der Waals surface area contributed by atoms with Crippen LogP contribution < -0.4 is 16.4 Å². The fourth-order valence-corrected chi connectivity index (χ4v) is 3.19. The lowest BCUT2D eigenvalue weighted by atomic mass is 10.0. The summed E-state index contributed by atoms with van der Waals surface area (Å²) in [5.74, 6) is 0.929. The smallest absolute Gasteiger partial charge is 0.0885 e. The quantitative estimate of drug-likeness (QED) is 0.202. The molecule has 178 valence electrons. The largest absolute Gasteiger partial charge is 0.404 e. The lowest BCUT2D eigenvalue weighted by molar-refractivity contribution is 0.464. The minimum atomic E-state index is 0.657. The number of hydrogen-bond donors (Lipinski definition) is 4. The molecular weight excluding hydrogens is 396 g/mol. The fraction of sp³-hybridized carbons (Fsp3) is 0.500. The van der Waals surface area contributed by atoms with Crippen molar-refractivity contribution in [2.45, 2.75) is 52.9 Å². The lowest BCUT2D eigenvalue weighted by Gasteiger charge is -2.10. The van der Waals surface area contributed by atoms with Gasteiger partial charge in [0.2, 0.25) is 0 Å². The van der Waals surface area contributed by atoms with Crippen molar-refractivity contribution in [3.05, 3.63) is 59.7 Å². The summed E-state index contributed by atoms with van der Waals surface area (Å²) in [6.07, 6.45) is 12.6. The van der Waals surface area contributed by atoms with Crippen molar-refractivity contribution in [1.82, 2.24) is 15.6 Å². The maximum Gasteiger partial charge on any atom is 0.0885 e. The molecule has 1 aromatic heterocycles. The fourth-order valence-electron chi connectivity index (χ4n) is 3.19. The lowest BCUT2D eigenvalue weighted by Crippen LogP contribution is -2.08. The summed E-state index contributed by atoms with van der Waals surface area (Å²) >= 11 is 0. The van der Waals surface area contributed by atoms with E-state index in [1.807, 2.05) is 45.3 Å². The standard InChI is InChI=1S/C17H23N5.C9H21N/c1-5-15-14(13(10-18)11-19)7-9-17(22-15)16(21-4)8-6-12(2)20-3;1-4-6-9(2)7-5-8-10-3/h6-11,18,20H,2,5,19H2,1,3-4H3;9-10H,4-8H2,1-3H3/b8-6-,13-11+,18-10?,21-16?;. The van der Waals surface area contributed by atoms with Gasteiger partial charge >= 0.3 is 0 Å². The van der Waals surface area contributed by atoms with Crippen molar-refractivity contribution in [2.24, 2.45) is 16.6 Å². The molecule has 5 N–H and O–H groups in total. The van der Waals surface area contributed by atoms with Crippen LogP contribution in [0.25, 0.3) is 5.57 Å². The molecule has 0 aliphatic heterocycles. The third kappa shape index (κ3) is 11.0. The van der Waals surface area contributed by atoms with E-state index in [2.05, 4.69) is 41.0 Å². The van der Waals surface area contributed by atoms with Gasteiger partial charge in [-0.15, -0.1) is 0 Å². The maximum atomic E-state index is 7.43. The van der Waals surface area contributed by atoms with Crippen LogP contribution in [0.4, 0.5) is 0 Å². The number of allylic oxidation sites excluding steroid dienone is 3. The highest BCUT2D eigenvalue weighted by Crippen LogP contribution is 2.17. The number of aliphatic imine (C=N–C) groups is 1. The van der Waals surface area contributed by atoms with Crippen molar-refractivity contribution in [1.29, 1.82) is 5.41 Å². The number of likely N-dealkylation sites (N-methyl/N-ethyl adjacent to an activating group) is 1. The Balaban J connectivity index is 0.000000809. The first-order valence-corrected chi connectivity index (χ1v) is 11.5. The third-order valence-electron chi connectivity index (χ3n) is 5.13. The van der Waals surface area contributed by atoms with Gasteiger partial charge in [0.25, 0.3) is 0 Å². The normalized spacial score (nSPS) is 12.8. The van der Waals surface area contributed by atoms with Crippen LogP contribution in [0.3, 0.4) is 0 Å². The molecule has 6 heteroatoms. The van der Waals surface area contributed by atoms with Crippen LogP contribution in [-0.2, 0) is 6.42 Å². The second-order valence-electron chi connectivity index (χ2n) is 7.67. The van der Waals surface area contributed by atoms with E-state index in [-0.39, 0.29) is 0 Å². The number of rotatable bonds is 13. The SMILES string of the molecule is C=C(/C=C\C(=NC)c1ccc(/C(C=N)=C/N)c(CC)n1)NC.CCCC(C)CCCNC. The Labute approximate surface area is 195 Å². The molecule has 1 heterocycles. The van der Waals surface area contributed by atoms with Crippen LogP contribution in [0.15, 0.2) is 47.8 Å². The number of hydrogen-bond acceptors (Lipinski definition) is 6. The molecule has 0 aromatic carbocycles. The monoisotopic (exact) mass is 440 g/mol. The Bertz CT molecular complexity index is 777. The van der Waals surface area contributed by atoms with Gasteiger partial charge in [-0.3, -0.25) is 9.98 Å². The van der Waals surface area contributed by atoms with Gasteiger partial charge in [-0.2, -0.15) is 0 Å². The van der Waals surface area contributed by atoms with Crippen LogP contribution in [0, 0.1) is 11.3 Å². The molecule has 0 aliphatic rings. The van der Waals surface area contributed by atoms with Crippen LogP contribution in [0.1, 0.15) is 63.4 Å². The number of pyridine rings is 1. The minimum absolute atomic E-state index is 0.657. The topological polar surface area (TPSA) is 99.2 Å². The van der Waals surface area contributed by atoms with E-state index >= 15 is 0 Å². The van der Waals surface area contributed by atoms with Gasteiger partial charge in [-0.1, -0.05) is 46.3 Å². The Morgan fingerprint density at radius 3 is 2.47 bits per heavy atom. The molecule has 0 amide bonds. The zero-order chi connectivity index (χ0) is 24.4. The molecule has 1 aromatic rings. The first-order chi connectivity index (χ1) is 15.4. The molecule has 0 spiro atoms. The minimum Gasteiger partial charge on any atom is -0.404 e. The summed E-state index contributed by atoms with van der Waals surface area (Å²) in [6.45, 7) is 11.6. The molecule has 0 radical (unpaired) electrons. The van der Waals surface area contributed by atoms with E-state index in [4.69, 9.17) is 11.1 Å². The molecule has 0 fully saturated rings. The highest BCUT2D eigenvalue weighted by Gasteiger charge is 2.09. The number of nitrogens with two attached hydrogens (primary N) is 1. The first-order valence-electron chi connectivity index (χ1n) is 11.5. The van der Waals surface area contributed by atoms with Crippen molar-refractivity contribution < 1.29 is 0 Å². The maximum absolute atomic E-state index is 7.43. The first kappa shape index (κ1) is 29.3. The molecule has 0 saturated carbocycles. The molecule has 0 aliphatic carbocycles. The highest BCUT2D eigenvalue weighted by molar-refractivity contribution is 6.10. The summed E-state index contributed by atoms with van der Waals surface area (Å²) in [4.78, 5) is 8.92. The zero-order valence-corrected chi connectivity index (χ0v) is 21.0. The Morgan fingerprint density at radius 1 is 1.25 bits per heavy atom. The average molecular weight is 441 g/mol. The van der Waals surface area contributed by atoms with Crippen LogP contribution in [-0.4, -0.2) is 44.6 Å². The molecule has 1 atom stereocenters. The summed E-state index contributed by atoms with van der Waals surface area (Å²) in [7, 11) is 5.56. The second-order valence-corrected chi connectivity index (χ2v) is 7.67. The van der Waals surface area contributed by atoms with Crippen molar-refractivity contribution in [3.63, 3.8) is 0 Å². The molecule has 32 heavy (non-hydrogen) atoms. The van der Waals surface area contributed by atoms with Crippen molar-refractivity contribution in [2.75, 3.05) is 27.7 Å². The number of nitrogens with one attached hydrogen (secondary N) is 3. The van der Waals surface area contributed by atoms with E-state index in [0.29, 0.717) is 5.57 Å². The third-order valence-corrected chi connectivity index (χ3v) is 5.13. The highest BCUT2D eigenvalue weighted by atomic mass is 14.8. The van der Waals surface area contributed by atoms with Crippen molar-refractivity contribution >= 4 is 17.5 Å².